The van der Waals surface area contributed by atoms with E-state index in [0.717, 1.165) is 32.4 Å². The Kier molecular flexibility index (Phi) is 20.4. The van der Waals surface area contributed by atoms with Crippen molar-refractivity contribution in [1.82, 2.24) is 15.5 Å². The predicted molar refractivity (Wildman–Crippen MR) is 108 cm³/mol. The number of nitrogens with zero attached hydrogens (tertiary/aromatic N) is 1. The smallest absolute Gasteiger partial charge is 0.223 e. The van der Waals surface area contributed by atoms with Gasteiger partial charge in [-0.15, -0.1) is 0 Å². The molecule has 0 unspecified atom stereocenters. The van der Waals surface area contributed by atoms with Crippen molar-refractivity contribution in [3.8, 4) is 0 Å². The van der Waals surface area contributed by atoms with Gasteiger partial charge in [0, 0.05) is 18.9 Å². The summed E-state index contributed by atoms with van der Waals surface area (Å²) in [7, 11) is 2.17. The second kappa shape index (κ2) is 19.4. The second-order valence-corrected chi connectivity index (χ2v) is 6.13. The lowest BCUT2D eigenvalue weighted by atomic mass is 9.97. The van der Waals surface area contributed by atoms with E-state index in [9.17, 15) is 9.59 Å². The van der Waals surface area contributed by atoms with Crippen molar-refractivity contribution in [3.63, 3.8) is 0 Å². The van der Waals surface area contributed by atoms with Gasteiger partial charge in [-0.2, -0.15) is 0 Å². The molecule has 0 aromatic heterocycles. The molecule has 2 aliphatic rings. The van der Waals surface area contributed by atoms with Crippen molar-refractivity contribution >= 4 is 11.7 Å². The minimum atomic E-state index is 0.153. The van der Waals surface area contributed by atoms with Crippen LogP contribution in [0.3, 0.4) is 0 Å². The molecule has 2 rings (SSSR count). The molecule has 5 nitrogen and oxygen atoms in total. The van der Waals surface area contributed by atoms with Crippen LogP contribution in [-0.4, -0.2) is 56.4 Å². The molecule has 2 fully saturated rings. The highest BCUT2D eigenvalue weighted by atomic mass is 16.2. The number of carbonyl (C=O) groups is 2. The van der Waals surface area contributed by atoms with Gasteiger partial charge in [0.15, 0.2) is 0 Å². The van der Waals surface area contributed by atoms with E-state index in [1.807, 2.05) is 27.7 Å². The van der Waals surface area contributed by atoms with Crippen LogP contribution in [0.15, 0.2) is 0 Å². The van der Waals surface area contributed by atoms with E-state index in [2.05, 4.69) is 22.6 Å². The fourth-order valence-electron chi connectivity index (χ4n) is 2.65. The number of hydrogen-bond acceptors (Lipinski definition) is 4. The molecule has 2 saturated heterocycles. The molecule has 0 aromatic rings. The summed E-state index contributed by atoms with van der Waals surface area (Å²) < 4.78 is 0. The van der Waals surface area contributed by atoms with Crippen molar-refractivity contribution in [1.29, 1.82) is 0 Å². The van der Waals surface area contributed by atoms with E-state index in [1.54, 1.807) is 6.92 Å². The van der Waals surface area contributed by atoms with E-state index in [-0.39, 0.29) is 17.6 Å². The molecule has 2 aliphatic heterocycles. The van der Waals surface area contributed by atoms with Crippen LogP contribution in [0.2, 0.25) is 0 Å². The number of Topliss-reactive ketones (excluding diaryl/α,β-unsaturated/α-hetero) is 1. The van der Waals surface area contributed by atoms with Crippen LogP contribution in [0.4, 0.5) is 0 Å². The normalized spacial score (nSPS) is 17.0. The maximum absolute atomic E-state index is 11.6. The Morgan fingerprint density at radius 2 is 1.56 bits per heavy atom. The van der Waals surface area contributed by atoms with Crippen LogP contribution in [-0.2, 0) is 9.59 Å². The zero-order valence-electron chi connectivity index (χ0n) is 17.6. The van der Waals surface area contributed by atoms with Gasteiger partial charge in [-0.1, -0.05) is 27.7 Å². The third-order valence-electron chi connectivity index (χ3n) is 4.04. The van der Waals surface area contributed by atoms with Gasteiger partial charge in [0.1, 0.15) is 5.78 Å². The molecule has 1 amide bonds. The highest BCUT2D eigenvalue weighted by molar-refractivity contribution is 5.79. The van der Waals surface area contributed by atoms with Gasteiger partial charge in [0.2, 0.25) is 5.91 Å². The number of rotatable bonds is 5. The number of carbonyl (C=O) groups excluding carboxylic acids is 2. The molecule has 2 heterocycles. The molecule has 0 radical (unpaired) electrons. The van der Waals surface area contributed by atoms with Crippen molar-refractivity contribution in [2.24, 2.45) is 5.92 Å². The first kappa shape index (κ1) is 26.3. The van der Waals surface area contributed by atoms with Crippen LogP contribution in [0.1, 0.15) is 73.1 Å². The van der Waals surface area contributed by atoms with Crippen LogP contribution >= 0.6 is 0 Å². The fraction of sp³-hybridized carbons (Fsp3) is 0.900. The standard InChI is InChI=1S/C11H20N2O2.C5H11N.2C2H6/c1-9(14)3-2-6-13-11(15)10-4-7-12-8-5-10;1-6-4-2-3-5-6;2*1-2/h10,12H,2-8H2,1H3,(H,13,15);2-5H2,1H3;2*1-2H3. The third-order valence-corrected chi connectivity index (χ3v) is 4.04. The molecular formula is C20H43N3O2. The van der Waals surface area contributed by atoms with Crippen LogP contribution in [0.5, 0.6) is 0 Å². The van der Waals surface area contributed by atoms with Gasteiger partial charge >= 0.3 is 0 Å². The monoisotopic (exact) mass is 357 g/mol. The Balaban J connectivity index is 0. The first-order chi connectivity index (χ1) is 12.1. The Labute approximate surface area is 156 Å². The topological polar surface area (TPSA) is 61.4 Å². The second-order valence-electron chi connectivity index (χ2n) is 6.13. The van der Waals surface area contributed by atoms with E-state index >= 15 is 0 Å². The largest absolute Gasteiger partial charge is 0.356 e. The molecular weight excluding hydrogens is 314 g/mol. The molecule has 0 aromatic carbocycles. The van der Waals surface area contributed by atoms with Crippen molar-refractivity contribution in [2.75, 3.05) is 39.8 Å². The molecule has 5 heteroatoms. The number of likely N-dealkylation sites (tertiary alicyclic amines) is 1. The van der Waals surface area contributed by atoms with Gasteiger partial charge in [0.05, 0.1) is 0 Å². The first-order valence-electron chi connectivity index (χ1n) is 10.3. The van der Waals surface area contributed by atoms with E-state index in [1.165, 1.54) is 25.9 Å². The summed E-state index contributed by atoms with van der Waals surface area (Å²) in [6.45, 7) is 14.7. The fourth-order valence-corrected chi connectivity index (χ4v) is 2.65. The summed E-state index contributed by atoms with van der Waals surface area (Å²) in [5, 5.41) is 6.12. The Hall–Kier alpha value is -0.940. The van der Waals surface area contributed by atoms with Crippen LogP contribution in [0, 0.1) is 5.92 Å². The van der Waals surface area contributed by atoms with Gasteiger partial charge in [-0.05, 0) is 72.3 Å². The number of ketones is 1. The third kappa shape index (κ3) is 16.3. The minimum absolute atomic E-state index is 0.153. The van der Waals surface area contributed by atoms with Gasteiger partial charge in [-0.3, -0.25) is 4.79 Å². The number of amides is 1. The van der Waals surface area contributed by atoms with Crippen LogP contribution < -0.4 is 10.6 Å². The molecule has 2 N–H and O–H groups in total. The minimum Gasteiger partial charge on any atom is -0.356 e. The zero-order valence-corrected chi connectivity index (χ0v) is 17.6. The Bertz CT molecular complexity index is 310. The van der Waals surface area contributed by atoms with Crippen molar-refractivity contribution in [2.45, 2.75) is 73.1 Å². The Morgan fingerprint density at radius 3 is 1.96 bits per heavy atom. The van der Waals surface area contributed by atoms with Crippen molar-refractivity contribution < 1.29 is 9.59 Å². The van der Waals surface area contributed by atoms with Gasteiger partial charge in [-0.25, -0.2) is 0 Å². The summed E-state index contributed by atoms with van der Waals surface area (Å²) in [6, 6.07) is 0. The van der Waals surface area contributed by atoms with E-state index in [4.69, 9.17) is 0 Å². The highest BCUT2D eigenvalue weighted by Crippen LogP contribution is 2.11. The summed E-state index contributed by atoms with van der Waals surface area (Å²) in [6.07, 6.45) is 6.00. The lowest BCUT2D eigenvalue weighted by Gasteiger charge is -2.21. The van der Waals surface area contributed by atoms with Gasteiger partial charge < -0.3 is 20.3 Å². The summed E-state index contributed by atoms with van der Waals surface area (Å²) in [5.41, 5.74) is 0. The summed E-state index contributed by atoms with van der Waals surface area (Å²) in [5.74, 6) is 0.509. The molecule has 0 spiro atoms. The maximum Gasteiger partial charge on any atom is 0.223 e. The lowest BCUT2D eigenvalue weighted by Crippen LogP contribution is -2.38. The van der Waals surface area contributed by atoms with Gasteiger partial charge in [0.25, 0.3) is 0 Å². The zero-order chi connectivity index (χ0) is 19.5. The van der Waals surface area contributed by atoms with E-state index in [0.29, 0.717) is 13.0 Å². The highest BCUT2D eigenvalue weighted by Gasteiger charge is 2.19. The average molecular weight is 358 g/mol. The predicted octanol–water partition coefficient (Wildman–Crippen LogP) is 3.24. The average Bonchev–Trinajstić information content (AvgIpc) is 3.14. The maximum atomic E-state index is 11.6. The molecule has 25 heavy (non-hydrogen) atoms. The summed E-state index contributed by atoms with van der Waals surface area (Å²) >= 11 is 0. The summed E-state index contributed by atoms with van der Waals surface area (Å²) in [4.78, 5) is 24.6. The quantitative estimate of drug-likeness (QED) is 0.742. The molecule has 0 saturated carbocycles. The van der Waals surface area contributed by atoms with Crippen molar-refractivity contribution in [3.05, 3.63) is 0 Å². The molecule has 150 valence electrons. The number of piperidine rings is 1. The SMILES string of the molecule is CC.CC.CC(=O)CCCNC(=O)C1CCNCC1.CN1CCCC1. The lowest BCUT2D eigenvalue weighted by molar-refractivity contribution is -0.126. The van der Waals surface area contributed by atoms with Crippen LogP contribution in [0.25, 0.3) is 0 Å². The van der Waals surface area contributed by atoms with E-state index < -0.39 is 0 Å². The number of nitrogens with one attached hydrogen (secondary N) is 2. The number of hydrogen-bond donors (Lipinski definition) is 2. The molecule has 0 atom stereocenters. The Morgan fingerprint density at radius 1 is 1.04 bits per heavy atom. The molecule has 0 bridgehead atoms. The first-order valence-corrected chi connectivity index (χ1v) is 10.3. The molecule has 0 aliphatic carbocycles.